The summed E-state index contributed by atoms with van der Waals surface area (Å²) >= 11 is 0. The number of carbonyl (C=O) groups excluding carboxylic acids is 1. The van der Waals surface area contributed by atoms with E-state index >= 15 is 0 Å². The van der Waals surface area contributed by atoms with Crippen molar-refractivity contribution in [2.24, 2.45) is 5.92 Å². The third-order valence-electron chi connectivity index (χ3n) is 3.39. The summed E-state index contributed by atoms with van der Waals surface area (Å²) in [6.07, 6.45) is 8.66. The largest absolute Gasteiger partial charge is 0.389 e. The molecule has 0 spiro atoms. The average molecular weight is 299 g/mol. The van der Waals surface area contributed by atoms with Crippen LogP contribution in [0.2, 0.25) is 0 Å². The second kappa shape index (κ2) is 7.56. The first-order chi connectivity index (χ1) is 10.6. The molecule has 0 aliphatic heterocycles. The lowest BCUT2D eigenvalue weighted by atomic mass is 9.99. The number of aromatic nitrogens is 2. The summed E-state index contributed by atoms with van der Waals surface area (Å²) in [5.74, 6) is 0.292. The van der Waals surface area contributed by atoms with Crippen LogP contribution in [0, 0.1) is 5.92 Å². The molecule has 2 aromatic rings. The van der Waals surface area contributed by atoms with Gasteiger partial charge in [0.05, 0.1) is 6.10 Å². The zero-order valence-corrected chi connectivity index (χ0v) is 12.8. The number of carbonyl (C=O) groups is 1. The number of nitrogens with one attached hydrogen (secondary N) is 1. The van der Waals surface area contributed by atoms with Crippen molar-refractivity contribution in [2.75, 3.05) is 0 Å². The molecule has 2 unspecified atom stereocenters. The number of benzene rings is 1. The highest BCUT2D eigenvalue weighted by atomic mass is 16.3. The van der Waals surface area contributed by atoms with Crippen molar-refractivity contribution in [1.82, 2.24) is 14.9 Å². The summed E-state index contributed by atoms with van der Waals surface area (Å²) in [6.45, 7) is 3.84. The Morgan fingerprint density at radius 2 is 2.09 bits per heavy atom. The molecule has 22 heavy (non-hydrogen) atoms. The average Bonchev–Trinajstić information content (AvgIpc) is 3.02. The molecule has 0 aliphatic rings. The lowest BCUT2D eigenvalue weighted by Crippen LogP contribution is -2.22. The Bertz CT molecular complexity index is 616. The third kappa shape index (κ3) is 4.56. The first-order valence-corrected chi connectivity index (χ1v) is 7.28. The maximum absolute atomic E-state index is 11.7. The van der Waals surface area contributed by atoms with Crippen molar-refractivity contribution in [3.05, 3.63) is 66.4 Å². The number of aliphatic hydroxyl groups is 1. The molecule has 2 atom stereocenters. The molecule has 0 bridgehead atoms. The molecule has 5 heteroatoms. The van der Waals surface area contributed by atoms with E-state index in [1.807, 2.05) is 30.3 Å². The van der Waals surface area contributed by atoms with Gasteiger partial charge in [0.15, 0.2) is 0 Å². The molecule has 116 valence electrons. The minimum absolute atomic E-state index is 0.234. The summed E-state index contributed by atoms with van der Waals surface area (Å²) in [5, 5.41) is 12.2. The zero-order valence-electron chi connectivity index (χ0n) is 12.8. The van der Waals surface area contributed by atoms with Gasteiger partial charge in [-0.15, -0.1) is 0 Å². The highest BCUT2D eigenvalue weighted by Gasteiger charge is 2.04. The van der Waals surface area contributed by atoms with Crippen LogP contribution in [0.25, 0.3) is 0 Å². The van der Waals surface area contributed by atoms with Crippen LogP contribution in [0.5, 0.6) is 0 Å². The van der Waals surface area contributed by atoms with Gasteiger partial charge in [-0.1, -0.05) is 37.3 Å². The lowest BCUT2D eigenvalue weighted by Gasteiger charge is -2.09. The highest BCUT2D eigenvalue weighted by Crippen LogP contribution is 2.15. The monoisotopic (exact) mass is 299 g/mol. The van der Waals surface area contributed by atoms with Gasteiger partial charge >= 0.3 is 6.03 Å². The van der Waals surface area contributed by atoms with E-state index in [-0.39, 0.29) is 6.03 Å². The minimum Gasteiger partial charge on any atom is -0.389 e. The van der Waals surface area contributed by atoms with Crippen LogP contribution >= 0.6 is 0 Å². The fourth-order valence-corrected chi connectivity index (χ4v) is 2.11. The number of aliphatic hydroxyl groups excluding tert-OH is 1. The number of imidazole rings is 1. The van der Waals surface area contributed by atoms with Gasteiger partial charge in [0, 0.05) is 18.6 Å². The van der Waals surface area contributed by atoms with E-state index in [0.717, 1.165) is 12.0 Å². The Balaban J connectivity index is 1.83. The van der Waals surface area contributed by atoms with Crippen molar-refractivity contribution in [2.45, 2.75) is 26.4 Å². The summed E-state index contributed by atoms with van der Waals surface area (Å²) in [6, 6.07) is 7.70. The molecule has 0 aliphatic carbocycles. The molecular formula is C17H21N3O2. The molecule has 0 saturated carbocycles. The number of amides is 1. The first-order valence-electron chi connectivity index (χ1n) is 7.28. The quantitative estimate of drug-likeness (QED) is 0.892. The maximum atomic E-state index is 11.7. The van der Waals surface area contributed by atoms with E-state index in [0.29, 0.717) is 5.92 Å². The molecule has 1 amide bonds. The van der Waals surface area contributed by atoms with Gasteiger partial charge in [0.1, 0.15) is 6.33 Å². The van der Waals surface area contributed by atoms with Crippen molar-refractivity contribution in [3.63, 3.8) is 0 Å². The maximum Gasteiger partial charge on any atom is 0.330 e. The molecule has 1 aromatic carbocycles. The number of rotatable bonds is 5. The topological polar surface area (TPSA) is 67.2 Å². The van der Waals surface area contributed by atoms with Crippen LogP contribution in [-0.2, 0) is 6.42 Å². The van der Waals surface area contributed by atoms with Gasteiger partial charge in [-0.3, -0.25) is 4.57 Å². The fraction of sp³-hybridized carbons (Fsp3) is 0.294. The molecule has 2 N–H and O–H groups in total. The van der Waals surface area contributed by atoms with Crippen molar-refractivity contribution in [3.8, 4) is 0 Å². The summed E-state index contributed by atoms with van der Waals surface area (Å²) < 4.78 is 1.38. The summed E-state index contributed by atoms with van der Waals surface area (Å²) in [7, 11) is 0. The Morgan fingerprint density at radius 3 is 2.68 bits per heavy atom. The smallest absolute Gasteiger partial charge is 0.330 e. The molecular weight excluding hydrogens is 278 g/mol. The third-order valence-corrected chi connectivity index (χ3v) is 3.39. The summed E-state index contributed by atoms with van der Waals surface area (Å²) in [4.78, 5) is 15.5. The van der Waals surface area contributed by atoms with Gasteiger partial charge in [-0.05, 0) is 30.4 Å². The zero-order chi connectivity index (χ0) is 15.9. The SMILES string of the molecule is CC(/C=C\NC(=O)n1ccnc1)Cc1ccc(C(C)O)cc1. The Hall–Kier alpha value is -2.40. The number of nitrogens with zero attached hydrogens (tertiary/aromatic N) is 2. The molecule has 1 aromatic heterocycles. The first kappa shape index (κ1) is 16.0. The van der Waals surface area contributed by atoms with Crippen molar-refractivity contribution >= 4 is 6.03 Å². The second-order valence-electron chi connectivity index (χ2n) is 5.38. The van der Waals surface area contributed by atoms with Crippen LogP contribution in [0.3, 0.4) is 0 Å². The molecule has 1 heterocycles. The predicted octanol–water partition coefficient (Wildman–Crippen LogP) is 2.89. The normalized spacial score (nSPS) is 14.0. The molecule has 0 saturated heterocycles. The second-order valence-corrected chi connectivity index (χ2v) is 5.38. The predicted molar refractivity (Wildman–Crippen MR) is 85.2 cm³/mol. The van der Waals surface area contributed by atoms with Crippen LogP contribution in [0.4, 0.5) is 4.79 Å². The minimum atomic E-state index is -0.440. The standard InChI is InChI=1S/C17H21N3O2/c1-13(7-8-19-17(22)20-10-9-18-12-20)11-15-3-5-16(6-4-15)14(2)21/h3-10,12-14,21H,11H2,1-2H3,(H,19,22)/b8-7-. The summed E-state index contributed by atoms with van der Waals surface area (Å²) in [5.41, 5.74) is 2.11. The fourth-order valence-electron chi connectivity index (χ4n) is 2.11. The Morgan fingerprint density at radius 1 is 1.36 bits per heavy atom. The lowest BCUT2D eigenvalue weighted by molar-refractivity contribution is 0.199. The van der Waals surface area contributed by atoms with Gasteiger partial charge in [-0.2, -0.15) is 0 Å². The number of allylic oxidation sites excluding steroid dienone is 1. The number of hydrogen-bond acceptors (Lipinski definition) is 3. The van der Waals surface area contributed by atoms with Crippen LogP contribution in [-0.4, -0.2) is 20.7 Å². The van der Waals surface area contributed by atoms with Crippen LogP contribution < -0.4 is 5.32 Å². The van der Waals surface area contributed by atoms with E-state index in [4.69, 9.17) is 0 Å². The van der Waals surface area contributed by atoms with Crippen molar-refractivity contribution < 1.29 is 9.90 Å². The number of hydrogen-bond donors (Lipinski definition) is 2. The van der Waals surface area contributed by atoms with Crippen LogP contribution in [0.1, 0.15) is 31.1 Å². The van der Waals surface area contributed by atoms with E-state index < -0.39 is 6.10 Å². The molecule has 0 fully saturated rings. The Kier molecular flexibility index (Phi) is 5.49. The van der Waals surface area contributed by atoms with E-state index in [1.165, 1.54) is 16.5 Å². The highest BCUT2D eigenvalue weighted by molar-refractivity contribution is 5.77. The van der Waals surface area contributed by atoms with E-state index in [2.05, 4.69) is 17.2 Å². The molecule has 2 rings (SSSR count). The van der Waals surface area contributed by atoms with Crippen LogP contribution in [0.15, 0.2) is 55.3 Å². The van der Waals surface area contributed by atoms with Gasteiger partial charge in [-0.25, -0.2) is 9.78 Å². The Labute approximate surface area is 130 Å². The van der Waals surface area contributed by atoms with E-state index in [1.54, 1.807) is 25.5 Å². The van der Waals surface area contributed by atoms with E-state index in [9.17, 15) is 9.90 Å². The van der Waals surface area contributed by atoms with Gasteiger partial charge in [0.25, 0.3) is 0 Å². The van der Waals surface area contributed by atoms with Gasteiger partial charge < -0.3 is 10.4 Å². The van der Waals surface area contributed by atoms with Crippen molar-refractivity contribution in [1.29, 1.82) is 0 Å². The van der Waals surface area contributed by atoms with Gasteiger partial charge in [0.2, 0.25) is 0 Å². The molecule has 5 nitrogen and oxygen atoms in total. The molecule has 0 radical (unpaired) electrons.